The van der Waals surface area contributed by atoms with E-state index in [1.807, 2.05) is 0 Å². The van der Waals surface area contributed by atoms with E-state index in [2.05, 4.69) is 28.3 Å². The molecular weight excluding hydrogens is 118 g/mol. The van der Waals surface area contributed by atoms with Gasteiger partial charge in [0, 0.05) is 12.2 Å². The molecule has 2 heteroatoms. The van der Waals surface area contributed by atoms with Crippen molar-refractivity contribution in [3.8, 4) is 0 Å². The summed E-state index contributed by atoms with van der Waals surface area (Å²) >= 11 is 1.75. The van der Waals surface area contributed by atoms with Crippen molar-refractivity contribution in [3.05, 3.63) is 29.1 Å². The quantitative estimate of drug-likeness (QED) is 0.482. The number of rotatable bonds is 0. The summed E-state index contributed by atoms with van der Waals surface area (Å²) in [6.07, 6.45) is 4.32. The maximum atomic E-state index is 2.23. The van der Waals surface area contributed by atoms with Crippen LogP contribution in [0.15, 0.2) is 23.3 Å². The highest BCUT2D eigenvalue weighted by Crippen LogP contribution is 2.30. The van der Waals surface area contributed by atoms with Gasteiger partial charge in [0.2, 0.25) is 0 Å². The standard InChI is InChI=1S/C6H6NS/c1-2-6-4-8-5-7(6)3-1/h1-2,4-5H,3H2. The Morgan fingerprint density at radius 1 is 1.62 bits per heavy atom. The average molecular weight is 124 g/mol. The van der Waals surface area contributed by atoms with E-state index in [0.717, 1.165) is 6.54 Å². The molecule has 8 heavy (non-hydrogen) atoms. The molecule has 0 atom stereocenters. The Kier molecular flexibility index (Phi) is 0.875. The number of hydrogen-bond acceptors (Lipinski definition) is 2. The van der Waals surface area contributed by atoms with Gasteiger partial charge in [-0.1, -0.05) is 6.08 Å². The third-order valence-electron chi connectivity index (χ3n) is 1.30. The number of hydrogen-bond donors (Lipinski definition) is 0. The van der Waals surface area contributed by atoms with E-state index in [-0.39, 0.29) is 0 Å². The Hall–Kier alpha value is -0.370. The van der Waals surface area contributed by atoms with Gasteiger partial charge in [-0.15, -0.1) is 11.8 Å². The lowest BCUT2D eigenvalue weighted by Gasteiger charge is -2.09. The van der Waals surface area contributed by atoms with Crippen molar-refractivity contribution in [2.24, 2.45) is 0 Å². The lowest BCUT2D eigenvalue weighted by atomic mass is 10.5. The van der Waals surface area contributed by atoms with Crippen LogP contribution >= 0.6 is 11.8 Å². The maximum Gasteiger partial charge on any atom is 0.110 e. The first-order valence-electron chi connectivity index (χ1n) is 2.59. The summed E-state index contributed by atoms with van der Waals surface area (Å²) in [5.41, 5.74) is 1.34. The fourth-order valence-corrected chi connectivity index (χ4v) is 1.64. The van der Waals surface area contributed by atoms with E-state index < -0.39 is 0 Å². The molecule has 0 fully saturated rings. The molecule has 0 saturated heterocycles. The van der Waals surface area contributed by atoms with Gasteiger partial charge >= 0.3 is 0 Å². The van der Waals surface area contributed by atoms with Crippen molar-refractivity contribution in [1.29, 1.82) is 0 Å². The molecule has 41 valence electrons. The van der Waals surface area contributed by atoms with Crippen LogP contribution in [0, 0.1) is 5.88 Å². The number of nitrogens with zero attached hydrogens (tertiary/aromatic N) is 1. The summed E-state index contributed by atoms with van der Waals surface area (Å²) in [6.45, 7) is 1.07. The Labute approximate surface area is 53.1 Å². The van der Waals surface area contributed by atoms with Gasteiger partial charge in [-0.3, -0.25) is 0 Å². The molecule has 0 spiro atoms. The zero-order valence-electron chi connectivity index (χ0n) is 4.37. The molecule has 2 aliphatic heterocycles. The molecule has 2 heterocycles. The van der Waals surface area contributed by atoms with Crippen LogP contribution in [0.3, 0.4) is 0 Å². The monoisotopic (exact) mass is 124 g/mol. The van der Waals surface area contributed by atoms with E-state index in [1.54, 1.807) is 11.8 Å². The van der Waals surface area contributed by atoms with E-state index >= 15 is 0 Å². The Morgan fingerprint density at radius 2 is 2.62 bits per heavy atom. The van der Waals surface area contributed by atoms with Crippen LogP contribution in [0.5, 0.6) is 0 Å². The molecule has 0 aromatic carbocycles. The molecule has 0 aromatic rings. The summed E-state index contributed by atoms with van der Waals surface area (Å²) in [4.78, 5) is 2.23. The predicted molar refractivity (Wildman–Crippen MR) is 35.8 cm³/mol. The molecule has 1 radical (unpaired) electrons. The second kappa shape index (κ2) is 1.55. The minimum atomic E-state index is 1.07. The van der Waals surface area contributed by atoms with E-state index in [9.17, 15) is 0 Å². The van der Waals surface area contributed by atoms with Crippen LogP contribution in [-0.4, -0.2) is 11.4 Å². The summed E-state index contributed by atoms with van der Waals surface area (Å²) < 4.78 is 0. The van der Waals surface area contributed by atoms with Crippen molar-refractivity contribution in [2.75, 3.05) is 6.54 Å². The molecule has 2 aliphatic rings. The zero-order chi connectivity index (χ0) is 5.40. The van der Waals surface area contributed by atoms with Gasteiger partial charge in [0.1, 0.15) is 5.88 Å². The number of thioether (sulfide) groups is 1. The molecule has 0 aliphatic carbocycles. The van der Waals surface area contributed by atoms with Crippen LogP contribution < -0.4 is 0 Å². The Morgan fingerprint density at radius 3 is 3.50 bits per heavy atom. The van der Waals surface area contributed by atoms with Gasteiger partial charge in [0.15, 0.2) is 0 Å². The Bertz CT molecular complexity index is 160. The highest BCUT2D eigenvalue weighted by atomic mass is 32.2. The van der Waals surface area contributed by atoms with Gasteiger partial charge in [-0.2, -0.15) is 0 Å². The minimum absolute atomic E-state index is 1.07. The first kappa shape index (κ1) is 4.50. The SMILES string of the molecule is [CH]1SC=C2C=CCN12. The van der Waals surface area contributed by atoms with Gasteiger partial charge in [-0.05, 0) is 11.5 Å². The highest BCUT2D eigenvalue weighted by Gasteiger charge is 2.15. The first-order chi connectivity index (χ1) is 3.97. The van der Waals surface area contributed by atoms with Crippen molar-refractivity contribution in [3.63, 3.8) is 0 Å². The van der Waals surface area contributed by atoms with Crippen LogP contribution in [-0.2, 0) is 0 Å². The van der Waals surface area contributed by atoms with Crippen molar-refractivity contribution >= 4 is 11.8 Å². The van der Waals surface area contributed by atoms with E-state index in [0.29, 0.717) is 0 Å². The van der Waals surface area contributed by atoms with Crippen molar-refractivity contribution < 1.29 is 0 Å². The van der Waals surface area contributed by atoms with Gasteiger partial charge < -0.3 is 4.90 Å². The molecule has 0 N–H and O–H groups in total. The lowest BCUT2D eigenvalue weighted by molar-refractivity contribution is 0.544. The number of allylic oxidation sites excluding steroid dienone is 1. The molecule has 0 bridgehead atoms. The molecular formula is C6H6NS. The summed E-state index contributed by atoms with van der Waals surface area (Å²) in [5.74, 6) is 2.13. The third kappa shape index (κ3) is 0.494. The van der Waals surface area contributed by atoms with Crippen LogP contribution in [0.1, 0.15) is 0 Å². The highest BCUT2D eigenvalue weighted by molar-refractivity contribution is 8.04. The van der Waals surface area contributed by atoms with E-state index in [4.69, 9.17) is 0 Å². The largest absolute Gasteiger partial charge is 0.352 e. The van der Waals surface area contributed by atoms with E-state index in [1.165, 1.54) is 5.70 Å². The summed E-state index contributed by atoms with van der Waals surface area (Å²) in [7, 11) is 0. The van der Waals surface area contributed by atoms with Crippen molar-refractivity contribution in [2.45, 2.75) is 0 Å². The lowest BCUT2D eigenvalue weighted by Crippen LogP contribution is -2.08. The second-order valence-electron chi connectivity index (χ2n) is 1.84. The number of fused-ring (bicyclic) bond motifs is 1. The normalized spacial score (nSPS) is 24.0. The Balaban J connectivity index is 2.31. The minimum Gasteiger partial charge on any atom is -0.352 e. The summed E-state index contributed by atoms with van der Waals surface area (Å²) in [5, 5.41) is 2.16. The van der Waals surface area contributed by atoms with Crippen LogP contribution in [0.2, 0.25) is 0 Å². The predicted octanol–water partition coefficient (Wildman–Crippen LogP) is 1.57. The molecule has 0 unspecified atom stereocenters. The topological polar surface area (TPSA) is 3.24 Å². The second-order valence-corrected chi connectivity index (χ2v) is 2.56. The molecule has 0 saturated carbocycles. The molecule has 1 nitrogen and oxygen atoms in total. The molecule has 2 rings (SSSR count). The smallest absolute Gasteiger partial charge is 0.110 e. The zero-order valence-corrected chi connectivity index (χ0v) is 5.19. The average Bonchev–Trinajstić information content (AvgIpc) is 2.15. The molecule has 0 aromatic heterocycles. The third-order valence-corrected chi connectivity index (χ3v) is 2.05. The van der Waals surface area contributed by atoms with Crippen LogP contribution in [0.4, 0.5) is 0 Å². The summed E-state index contributed by atoms with van der Waals surface area (Å²) in [6, 6.07) is 0. The van der Waals surface area contributed by atoms with Crippen molar-refractivity contribution in [1.82, 2.24) is 4.90 Å². The van der Waals surface area contributed by atoms with Gasteiger partial charge in [0.05, 0.1) is 0 Å². The molecule has 0 amide bonds. The maximum absolute atomic E-state index is 2.23. The fraction of sp³-hybridized carbons (Fsp3) is 0.167. The first-order valence-corrected chi connectivity index (χ1v) is 3.53. The fourth-order valence-electron chi connectivity index (χ4n) is 0.873. The van der Waals surface area contributed by atoms with Gasteiger partial charge in [-0.25, -0.2) is 0 Å². The van der Waals surface area contributed by atoms with Crippen LogP contribution in [0.25, 0.3) is 0 Å². The van der Waals surface area contributed by atoms with Gasteiger partial charge in [0.25, 0.3) is 0 Å².